The van der Waals surface area contributed by atoms with Crippen LogP contribution in [0.3, 0.4) is 0 Å². The number of aromatic nitrogens is 2. The minimum absolute atomic E-state index is 0.680. The van der Waals surface area contributed by atoms with Crippen molar-refractivity contribution >= 4 is 0 Å². The van der Waals surface area contributed by atoms with Crippen LogP contribution in [-0.4, -0.2) is 40.6 Å². The van der Waals surface area contributed by atoms with Gasteiger partial charge in [0.15, 0.2) is 0 Å². The number of imidazole rings is 1. The lowest BCUT2D eigenvalue weighted by Gasteiger charge is -2.20. The summed E-state index contributed by atoms with van der Waals surface area (Å²) in [4.78, 5) is 6.92. The molecular formula is C17H24N4. The SMILES string of the molecule is Cc1ncc(CNCC2CCCN2C)n1-c1ccccc1. The minimum Gasteiger partial charge on any atom is -0.310 e. The largest absolute Gasteiger partial charge is 0.310 e. The van der Waals surface area contributed by atoms with Gasteiger partial charge in [-0.05, 0) is 45.5 Å². The van der Waals surface area contributed by atoms with Gasteiger partial charge in [0, 0.05) is 24.8 Å². The second-order valence-electron chi connectivity index (χ2n) is 5.88. The molecule has 1 atom stereocenters. The minimum atomic E-state index is 0.680. The lowest BCUT2D eigenvalue weighted by atomic mass is 10.2. The highest BCUT2D eigenvalue weighted by Gasteiger charge is 2.20. The predicted octanol–water partition coefficient (Wildman–Crippen LogP) is 2.36. The molecule has 1 N–H and O–H groups in total. The Kier molecular flexibility index (Phi) is 4.36. The number of rotatable bonds is 5. The molecular weight excluding hydrogens is 260 g/mol. The van der Waals surface area contributed by atoms with Crippen molar-refractivity contribution in [2.45, 2.75) is 32.4 Å². The molecule has 1 aromatic heterocycles. The first-order valence-electron chi connectivity index (χ1n) is 7.75. The fourth-order valence-corrected chi connectivity index (χ4v) is 3.15. The van der Waals surface area contributed by atoms with E-state index in [1.54, 1.807) is 0 Å². The van der Waals surface area contributed by atoms with E-state index >= 15 is 0 Å². The van der Waals surface area contributed by atoms with Gasteiger partial charge in [0.1, 0.15) is 5.82 Å². The Bertz CT molecular complexity index is 576. The van der Waals surface area contributed by atoms with Gasteiger partial charge >= 0.3 is 0 Å². The molecule has 1 aliphatic heterocycles. The van der Waals surface area contributed by atoms with E-state index < -0.39 is 0 Å². The van der Waals surface area contributed by atoms with Crippen molar-refractivity contribution in [3.8, 4) is 5.69 Å². The van der Waals surface area contributed by atoms with Gasteiger partial charge in [0.2, 0.25) is 0 Å². The zero-order valence-electron chi connectivity index (χ0n) is 12.9. The van der Waals surface area contributed by atoms with Crippen LogP contribution in [0, 0.1) is 6.92 Å². The average molecular weight is 284 g/mol. The fourth-order valence-electron chi connectivity index (χ4n) is 3.15. The summed E-state index contributed by atoms with van der Waals surface area (Å²) in [5, 5.41) is 3.60. The molecule has 1 saturated heterocycles. The van der Waals surface area contributed by atoms with Crippen LogP contribution < -0.4 is 5.32 Å². The number of benzene rings is 1. The summed E-state index contributed by atoms with van der Waals surface area (Å²) in [7, 11) is 2.22. The third-order valence-corrected chi connectivity index (χ3v) is 4.38. The maximum atomic E-state index is 4.47. The van der Waals surface area contributed by atoms with Crippen LogP contribution in [0.5, 0.6) is 0 Å². The molecule has 2 aromatic rings. The molecule has 0 spiro atoms. The van der Waals surface area contributed by atoms with Gasteiger partial charge in [0.05, 0.1) is 11.9 Å². The summed E-state index contributed by atoms with van der Waals surface area (Å²) >= 11 is 0. The van der Waals surface area contributed by atoms with Crippen LogP contribution in [0.25, 0.3) is 5.69 Å². The molecule has 0 saturated carbocycles. The molecule has 4 nitrogen and oxygen atoms in total. The van der Waals surface area contributed by atoms with Gasteiger partial charge in [-0.25, -0.2) is 4.98 Å². The molecule has 21 heavy (non-hydrogen) atoms. The quantitative estimate of drug-likeness (QED) is 0.915. The van der Waals surface area contributed by atoms with E-state index in [0.717, 1.165) is 18.9 Å². The topological polar surface area (TPSA) is 33.1 Å². The Morgan fingerprint density at radius 2 is 2.10 bits per heavy atom. The lowest BCUT2D eigenvalue weighted by molar-refractivity contribution is 0.300. The first-order chi connectivity index (χ1) is 10.3. The van der Waals surface area contributed by atoms with Crippen molar-refractivity contribution in [1.29, 1.82) is 0 Å². The van der Waals surface area contributed by atoms with Gasteiger partial charge in [-0.2, -0.15) is 0 Å². The smallest absolute Gasteiger partial charge is 0.110 e. The average Bonchev–Trinajstić information content (AvgIpc) is 3.07. The molecule has 0 amide bonds. The summed E-state index contributed by atoms with van der Waals surface area (Å²) < 4.78 is 2.23. The number of likely N-dealkylation sites (tertiary alicyclic amines) is 1. The zero-order valence-corrected chi connectivity index (χ0v) is 12.9. The Morgan fingerprint density at radius 3 is 2.81 bits per heavy atom. The van der Waals surface area contributed by atoms with Gasteiger partial charge in [0.25, 0.3) is 0 Å². The van der Waals surface area contributed by atoms with E-state index in [9.17, 15) is 0 Å². The maximum absolute atomic E-state index is 4.47. The molecule has 1 aromatic carbocycles. The fraction of sp³-hybridized carbons (Fsp3) is 0.471. The van der Waals surface area contributed by atoms with E-state index in [0.29, 0.717) is 6.04 Å². The first-order valence-corrected chi connectivity index (χ1v) is 7.75. The Balaban J connectivity index is 1.66. The molecule has 0 radical (unpaired) electrons. The second kappa shape index (κ2) is 6.41. The van der Waals surface area contributed by atoms with Gasteiger partial charge < -0.3 is 10.2 Å². The Morgan fingerprint density at radius 1 is 1.29 bits per heavy atom. The van der Waals surface area contributed by atoms with Crippen LogP contribution in [-0.2, 0) is 6.54 Å². The monoisotopic (exact) mass is 284 g/mol. The van der Waals surface area contributed by atoms with Crippen molar-refractivity contribution in [2.75, 3.05) is 20.1 Å². The zero-order chi connectivity index (χ0) is 14.7. The van der Waals surface area contributed by atoms with Gasteiger partial charge in [-0.3, -0.25) is 4.57 Å². The Hall–Kier alpha value is -1.65. The van der Waals surface area contributed by atoms with Crippen molar-refractivity contribution < 1.29 is 0 Å². The summed E-state index contributed by atoms with van der Waals surface area (Å²) in [6, 6.07) is 11.1. The molecule has 2 heterocycles. The van der Waals surface area contributed by atoms with Crippen LogP contribution >= 0.6 is 0 Å². The maximum Gasteiger partial charge on any atom is 0.110 e. The van der Waals surface area contributed by atoms with Crippen molar-refractivity contribution in [3.05, 3.63) is 48.0 Å². The van der Waals surface area contributed by atoms with Crippen molar-refractivity contribution in [2.24, 2.45) is 0 Å². The van der Waals surface area contributed by atoms with Crippen LogP contribution in [0.4, 0.5) is 0 Å². The third kappa shape index (κ3) is 3.17. The molecule has 4 heteroatoms. The molecule has 3 rings (SSSR count). The molecule has 1 fully saturated rings. The van der Waals surface area contributed by atoms with E-state index in [1.807, 2.05) is 12.3 Å². The number of hydrogen-bond donors (Lipinski definition) is 1. The van der Waals surface area contributed by atoms with Gasteiger partial charge in [-0.1, -0.05) is 18.2 Å². The first kappa shape index (κ1) is 14.3. The molecule has 0 aliphatic carbocycles. The van der Waals surface area contributed by atoms with E-state index in [-0.39, 0.29) is 0 Å². The summed E-state index contributed by atoms with van der Waals surface area (Å²) in [5.41, 5.74) is 2.40. The van der Waals surface area contributed by atoms with E-state index in [1.165, 1.54) is 30.8 Å². The second-order valence-corrected chi connectivity index (χ2v) is 5.88. The lowest BCUT2D eigenvalue weighted by Crippen LogP contribution is -2.35. The summed E-state index contributed by atoms with van der Waals surface area (Å²) in [5.74, 6) is 1.04. The van der Waals surface area contributed by atoms with E-state index in [4.69, 9.17) is 0 Å². The number of nitrogens with one attached hydrogen (secondary N) is 1. The van der Waals surface area contributed by atoms with E-state index in [2.05, 4.69) is 58.0 Å². The molecule has 112 valence electrons. The summed E-state index contributed by atoms with van der Waals surface area (Å²) in [6.45, 7) is 5.20. The van der Waals surface area contributed by atoms with Crippen molar-refractivity contribution in [1.82, 2.24) is 19.8 Å². The number of nitrogens with zero attached hydrogens (tertiary/aromatic N) is 3. The number of aryl methyl sites for hydroxylation is 1. The number of hydrogen-bond acceptors (Lipinski definition) is 3. The molecule has 1 unspecified atom stereocenters. The van der Waals surface area contributed by atoms with Crippen LogP contribution in [0.15, 0.2) is 36.5 Å². The molecule has 1 aliphatic rings. The molecule has 0 bridgehead atoms. The standard InChI is InChI=1S/C17H24N4/c1-14-19-13-17(21(14)15-7-4-3-5-8-15)12-18-11-16-9-6-10-20(16)2/h3-5,7-8,13,16,18H,6,9-12H2,1-2H3. The predicted molar refractivity (Wildman–Crippen MR) is 85.7 cm³/mol. The number of para-hydroxylation sites is 1. The highest BCUT2D eigenvalue weighted by molar-refractivity contribution is 5.35. The summed E-state index contributed by atoms with van der Waals surface area (Å²) in [6.07, 6.45) is 4.61. The van der Waals surface area contributed by atoms with Crippen LogP contribution in [0.1, 0.15) is 24.4 Å². The van der Waals surface area contributed by atoms with Gasteiger partial charge in [-0.15, -0.1) is 0 Å². The Labute approximate surface area is 126 Å². The number of likely N-dealkylation sites (N-methyl/N-ethyl adjacent to an activating group) is 1. The third-order valence-electron chi connectivity index (χ3n) is 4.38. The van der Waals surface area contributed by atoms with Crippen molar-refractivity contribution in [3.63, 3.8) is 0 Å². The van der Waals surface area contributed by atoms with Crippen LogP contribution in [0.2, 0.25) is 0 Å². The highest BCUT2D eigenvalue weighted by Crippen LogP contribution is 2.16. The highest BCUT2D eigenvalue weighted by atomic mass is 15.2. The normalized spacial score (nSPS) is 19.2.